The zero-order chi connectivity index (χ0) is 25.8. The van der Waals surface area contributed by atoms with Gasteiger partial charge in [-0.2, -0.15) is 0 Å². The van der Waals surface area contributed by atoms with E-state index < -0.39 is 47.2 Å². The molecule has 1 aliphatic heterocycles. The molecule has 1 unspecified atom stereocenters. The number of aliphatic hydroxyl groups is 1. The summed E-state index contributed by atoms with van der Waals surface area (Å²) < 4.78 is 29.6. The highest BCUT2D eigenvalue weighted by Crippen LogP contribution is 2.43. The molecule has 3 fully saturated rings. The number of nitrogens with one attached hydrogen (secondary N) is 1. The van der Waals surface area contributed by atoms with E-state index in [2.05, 4.69) is 15.6 Å². The smallest absolute Gasteiger partial charge is 0.248 e. The van der Waals surface area contributed by atoms with Gasteiger partial charge < -0.3 is 15.3 Å². The van der Waals surface area contributed by atoms with Crippen LogP contribution in [0.1, 0.15) is 82.1 Å². The Hall–Kier alpha value is -2.88. The average molecular weight is 502 g/mol. The van der Waals surface area contributed by atoms with E-state index >= 15 is 0 Å². The van der Waals surface area contributed by atoms with Crippen molar-refractivity contribution in [2.75, 3.05) is 6.54 Å². The van der Waals surface area contributed by atoms with Crippen LogP contribution >= 0.6 is 0 Å². The molecule has 3 aliphatic rings. The summed E-state index contributed by atoms with van der Waals surface area (Å²) in [5.74, 6) is -1.74. The van der Waals surface area contributed by atoms with Crippen LogP contribution < -0.4 is 5.32 Å². The molecule has 0 radical (unpaired) electrons. The van der Waals surface area contributed by atoms with Crippen LogP contribution in [-0.2, 0) is 9.59 Å². The van der Waals surface area contributed by atoms with E-state index in [0.29, 0.717) is 5.92 Å². The van der Waals surface area contributed by atoms with Gasteiger partial charge in [0.2, 0.25) is 11.8 Å². The van der Waals surface area contributed by atoms with Crippen molar-refractivity contribution < 1.29 is 23.5 Å². The number of nitrogens with zero attached hydrogens (tertiary/aromatic N) is 4. The van der Waals surface area contributed by atoms with Gasteiger partial charge in [-0.3, -0.25) is 9.59 Å². The number of carbonyl (C=O) groups excluding carboxylic acids is 2. The maximum Gasteiger partial charge on any atom is 0.248 e. The minimum Gasteiger partial charge on any atom is -0.391 e. The molecule has 2 heterocycles. The van der Waals surface area contributed by atoms with E-state index in [9.17, 15) is 23.5 Å². The van der Waals surface area contributed by atoms with Crippen molar-refractivity contribution >= 4 is 11.8 Å². The van der Waals surface area contributed by atoms with Gasteiger partial charge in [0, 0.05) is 36.7 Å². The van der Waals surface area contributed by atoms with E-state index in [0.717, 1.165) is 37.4 Å². The first kappa shape index (κ1) is 24.8. The van der Waals surface area contributed by atoms with Gasteiger partial charge in [-0.1, -0.05) is 32.1 Å². The average Bonchev–Trinajstić information content (AvgIpc) is 3.72. The van der Waals surface area contributed by atoms with Crippen molar-refractivity contribution in [2.45, 2.75) is 83.0 Å². The number of aromatic nitrogens is 3. The summed E-state index contributed by atoms with van der Waals surface area (Å²) in [7, 11) is 0. The molecule has 194 valence electrons. The normalized spacial score (nSPS) is 24.0. The Morgan fingerprint density at radius 2 is 1.89 bits per heavy atom. The molecule has 36 heavy (non-hydrogen) atoms. The van der Waals surface area contributed by atoms with E-state index in [4.69, 9.17) is 0 Å². The van der Waals surface area contributed by atoms with Crippen LogP contribution in [0, 0.1) is 23.0 Å². The van der Waals surface area contributed by atoms with E-state index in [-0.39, 0.29) is 30.4 Å². The Balaban J connectivity index is 1.38. The van der Waals surface area contributed by atoms with E-state index in [1.165, 1.54) is 17.0 Å². The van der Waals surface area contributed by atoms with Crippen molar-refractivity contribution in [2.24, 2.45) is 11.3 Å². The lowest BCUT2D eigenvalue weighted by Crippen LogP contribution is -2.51. The van der Waals surface area contributed by atoms with Crippen LogP contribution in [-0.4, -0.2) is 55.5 Å². The highest BCUT2D eigenvalue weighted by molar-refractivity contribution is 5.90. The zero-order valence-electron chi connectivity index (χ0n) is 20.8. The van der Waals surface area contributed by atoms with E-state index in [1.807, 2.05) is 27.0 Å². The zero-order valence-corrected chi connectivity index (χ0v) is 20.8. The summed E-state index contributed by atoms with van der Waals surface area (Å²) >= 11 is 0. The second kappa shape index (κ2) is 9.21. The fraction of sp³-hybridized carbons (Fsp3) is 0.615. The molecule has 0 bridgehead atoms. The van der Waals surface area contributed by atoms with Gasteiger partial charge in [0.25, 0.3) is 0 Å². The van der Waals surface area contributed by atoms with E-state index in [1.54, 1.807) is 4.68 Å². The highest BCUT2D eigenvalue weighted by atomic mass is 19.1. The molecule has 2 aromatic rings. The summed E-state index contributed by atoms with van der Waals surface area (Å²) in [6, 6.07) is 1.10. The van der Waals surface area contributed by atoms with Crippen LogP contribution in [0.3, 0.4) is 0 Å². The molecule has 2 N–H and O–H groups in total. The number of benzene rings is 1. The van der Waals surface area contributed by atoms with Gasteiger partial charge in [-0.25, -0.2) is 13.5 Å². The van der Waals surface area contributed by atoms with Gasteiger partial charge in [0.15, 0.2) is 0 Å². The second-order valence-corrected chi connectivity index (χ2v) is 11.6. The minimum atomic E-state index is -0.909. The Kier molecular flexibility index (Phi) is 6.34. The fourth-order valence-corrected chi connectivity index (χ4v) is 5.21. The van der Waals surface area contributed by atoms with Crippen LogP contribution in [0.15, 0.2) is 24.4 Å². The first-order valence-electron chi connectivity index (χ1n) is 12.7. The Morgan fingerprint density at radius 1 is 1.17 bits per heavy atom. The summed E-state index contributed by atoms with van der Waals surface area (Å²) in [6.45, 7) is 5.80. The van der Waals surface area contributed by atoms with Crippen LogP contribution in [0.2, 0.25) is 0 Å². The Labute approximate surface area is 209 Å². The standard InChI is InChI=1S/C26H33F2N5O3/c1-26(2,3)23(33-13-20(30-31-33)14-4-5-14)25(36)32-12-17(34)11-21(32)24(35)29-22(15-6-7-15)18-9-8-16(27)10-19(18)28/h8-10,13-15,17,21-23,34H,4-7,11-12H2,1-3H3,(H,29,35)/t17-,21+,22?,23+/m1/s1. The minimum absolute atomic E-state index is 0.0205. The third kappa shape index (κ3) is 5.00. The third-order valence-corrected chi connectivity index (χ3v) is 7.40. The molecule has 1 saturated heterocycles. The van der Waals surface area contributed by atoms with Gasteiger partial charge in [-0.15, -0.1) is 5.10 Å². The molecule has 10 heteroatoms. The first-order chi connectivity index (χ1) is 17.0. The number of carbonyl (C=O) groups is 2. The quantitative estimate of drug-likeness (QED) is 0.607. The van der Waals surface area contributed by atoms with Crippen molar-refractivity contribution in [1.82, 2.24) is 25.2 Å². The van der Waals surface area contributed by atoms with Crippen molar-refractivity contribution in [3.63, 3.8) is 0 Å². The lowest BCUT2D eigenvalue weighted by atomic mass is 9.85. The van der Waals surface area contributed by atoms with Crippen molar-refractivity contribution in [3.05, 3.63) is 47.3 Å². The molecule has 5 rings (SSSR count). The lowest BCUT2D eigenvalue weighted by molar-refractivity contribution is -0.144. The number of hydrogen-bond acceptors (Lipinski definition) is 5. The molecule has 2 saturated carbocycles. The summed E-state index contributed by atoms with van der Waals surface area (Å²) in [4.78, 5) is 28.8. The molecule has 4 atom stereocenters. The van der Waals surface area contributed by atoms with Gasteiger partial charge in [-0.05, 0) is 43.1 Å². The number of rotatable bonds is 7. The lowest BCUT2D eigenvalue weighted by Gasteiger charge is -2.35. The number of halogens is 2. The number of β-amino-alcohol motifs (C(OH)–C–C–N with tert-alkyl or cyclic N) is 1. The highest BCUT2D eigenvalue weighted by Gasteiger charge is 2.46. The van der Waals surface area contributed by atoms with Crippen LogP contribution in [0.5, 0.6) is 0 Å². The predicted molar refractivity (Wildman–Crippen MR) is 127 cm³/mol. The van der Waals surface area contributed by atoms with Crippen LogP contribution in [0.4, 0.5) is 8.78 Å². The number of amides is 2. The third-order valence-electron chi connectivity index (χ3n) is 7.40. The fourth-order valence-electron chi connectivity index (χ4n) is 5.21. The maximum atomic E-state index is 14.6. The predicted octanol–water partition coefficient (Wildman–Crippen LogP) is 3.25. The first-order valence-corrected chi connectivity index (χ1v) is 12.7. The molecule has 1 aromatic carbocycles. The molecular weight excluding hydrogens is 468 g/mol. The Bertz CT molecular complexity index is 1150. The van der Waals surface area contributed by atoms with Gasteiger partial charge in [0.1, 0.15) is 23.7 Å². The largest absolute Gasteiger partial charge is 0.391 e. The number of hydrogen-bond donors (Lipinski definition) is 2. The second-order valence-electron chi connectivity index (χ2n) is 11.6. The van der Waals surface area contributed by atoms with Crippen molar-refractivity contribution in [1.29, 1.82) is 0 Å². The summed E-state index contributed by atoms with van der Waals surface area (Å²) in [6.07, 6.45) is 4.80. The number of aliphatic hydroxyl groups excluding tert-OH is 1. The van der Waals surface area contributed by atoms with Crippen molar-refractivity contribution in [3.8, 4) is 0 Å². The summed E-state index contributed by atoms with van der Waals surface area (Å²) in [5, 5.41) is 21.9. The molecule has 1 aromatic heterocycles. The maximum absolute atomic E-state index is 14.6. The molecular formula is C26H33F2N5O3. The van der Waals surface area contributed by atoms with Crippen LogP contribution in [0.25, 0.3) is 0 Å². The topological polar surface area (TPSA) is 100 Å². The number of likely N-dealkylation sites (tertiary alicyclic amines) is 1. The van der Waals surface area contributed by atoms with Gasteiger partial charge in [0.05, 0.1) is 17.8 Å². The Morgan fingerprint density at radius 3 is 2.50 bits per heavy atom. The molecule has 8 nitrogen and oxygen atoms in total. The monoisotopic (exact) mass is 501 g/mol. The summed E-state index contributed by atoms with van der Waals surface area (Å²) in [5.41, 5.74) is 0.557. The molecule has 0 spiro atoms. The SMILES string of the molecule is CC(C)(C)[C@H](C(=O)N1C[C@H](O)C[C@H]1C(=O)NC(c1ccc(F)cc1F)C1CC1)n1cc(C2CC2)nn1. The molecule has 2 amide bonds. The van der Waals surface area contributed by atoms with Gasteiger partial charge >= 0.3 is 0 Å². The molecule has 2 aliphatic carbocycles.